The highest BCUT2D eigenvalue weighted by Gasteiger charge is 2.29. The summed E-state index contributed by atoms with van der Waals surface area (Å²) in [6, 6.07) is 9.98. The monoisotopic (exact) mass is 413 g/mol. The van der Waals surface area contributed by atoms with Gasteiger partial charge in [0.1, 0.15) is 0 Å². The fraction of sp³-hybridized carbons (Fsp3) is 0.316. The molecule has 0 radical (unpaired) electrons. The molecule has 0 aliphatic rings. The zero-order valence-electron chi connectivity index (χ0n) is 15.8. The van der Waals surface area contributed by atoms with Crippen LogP contribution in [0.5, 0.6) is 0 Å². The van der Waals surface area contributed by atoms with Gasteiger partial charge in [0, 0.05) is 26.4 Å². The summed E-state index contributed by atoms with van der Waals surface area (Å²) in [7, 11) is -1.68. The summed E-state index contributed by atoms with van der Waals surface area (Å²) in [5.74, 6) is 0.477. The maximum Gasteiger partial charge on any atom is 0.416 e. The van der Waals surface area contributed by atoms with Gasteiger partial charge in [0.25, 0.3) is 0 Å². The van der Waals surface area contributed by atoms with Gasteiger partial charge in [-0.25, -0.2) is 8.42 Å². The Morgan fingerprint density at radius 3 is 2.00 bits per heavy atom. The molecule has 2 N–H and O–H groups in total. The van der Waals surface area contributed by atoms with Crippen molar-refractivity contribution in [1.82, 2.24) is 10.6 Å². The highest BCUT2D eigenvalue weighted by atomic mass is 32.2. The average Bonchev–Trinajstić information content (AvgIpc) is 2.60. The third-order valence-electron chi connectivity index (χ3n) is 4.06. The number of nitrogens with zero attached hydrogens (tertiary/aromatic N) is 1. The average molecular weight is 413 g/mol. The van der Waals surface area contributed by atoms with E-state index < -0.39 is 21.6 Å². The van der Waals surface area contributed by atoms with Gasteiger partial charge in [-0.05, 0) is 41.8 Å². The van der Waals surface area contributed by atoms with E-state index in [1.165, 1.54) is 18.4 Å². The molecule has 0 atom stereocenters. The van der Waals surface area contributed by atoms with E-state index in [4.69, 9.17) is 0 Å². The van der Waals surface area contributed by atoms with Crippen LogP contribution in [-0.4, -0.2) is 27.7 Å². The topological polar surface area (TPSA) is 70.6 Å². The molecule has 0 bridgehead atoms. The van der Waals surface area contributed by atoms with Crippen molar-refractivity contribution >= 4 is 15.8 Å². The number of nitrogens with one attached hydrogen (secondary N) is 2. The van der Waals surface area contributed by atoms with Gasteiger partial charge in [-0.3, -0.25) is 4.99 Å². The highest BCUT2D eigenvalue weighted by molar-refractivity contribution is 7.90. The number of halogens is 3. The molecule has 2 aromatic rings. The molecule has 0 aromatic heterocycles. The zero-order chi connectivity index (χ0) is 20.9. The molecule has 2 aromatic carbocycles. The van der Waals surface area contributed by atoms with Crippen molar-refractivity contribution in [3.05, 3.63) is 64.7 Å². The Hall–Kier alpha value is -2.55. The molecule has 9 heteroatoms. The van der Waals surface area contributed by atoms with Gasteiger partial charge in [-0.1, -0.05) is 24.3 Å². The Labute approximate surface area is 162 Å². The first-order valence-electron chi connectivity index (χ1n) is 8.41. The van der Waals surface area contributed by atoms with Crippen LogP contribution in [0.1, 0.15) is 22.3 Å². The number of aryl methyl sites for hydroxylation is 1. The molecule has 2 rings (SSSR count). The summed E-state index contributed by atoms with van der Waals surface area (Å²) in [6.07, 6.45) is -3.19. The van der Waals surface area contributed by atoms with Crippen LogP contribution in [0, 0.1) is 6.92 Å². The van der Waals surface area contributed by atoms with E-state index in [2.05, 4.69) is 15.6 Å². The van der Waals surface area contributed by atoms with Crippen LogP contribution in [-0.2, 0) is 29.1 Å². The van der Waals surface area contributed by atoms with Crippen molar-refractivity contribution in [3.8, 4) is 0 Å². The standard InChI is InChI=1S/C19H22F3N3O2S/c1-13-10-15(6-9-17(13)28(3,26)27)12-25-18(23-2)24-11-14-4-7-16(8-5-14)19(20,21)22/h4-10H,11-12H2,1-3H3,(H2,23,24,25). The van der Waals surface area contributed by atoms with Crippen LogP contribution >= 0.6 is 0 Å². The summed E-state index contributed by atoms with van der Waals surface area (Å²) >= 11 is 0. The van der Waals surface area contributed by atoms with Crippen molar-refractivity contribution in [1.29, 1.82) is 0 Å². The number of guanidine groups is 1. The van der Waals surface area contributed by atoms with Gasteiger partial charge in [0.15, 0.2) is 15.8 Å². The van der Waals surface area contributed by atoms with E-state index in [1.807, 2.05) is 0 Å². The van der Waals surface area contributed by atoms with Crippen LogP contribution in [0.25, 0.3) is 0 Å². The van der Waals surface area contributed by atoms with Crippen LogP contribution in [0.15, 0.2) is 52.4 Å². The third kappa shape index (κ3) is 5.98. The quantitative estimate of drug-likeness (QED) is 0.583. The molecular weight excluding hydrogens is 391 g/mol. The maximum atomic E-state index is 12.6. The minimum atomic E-state index is -4.35. The van der Waals surface area contributed by atoms with Crippen molar-refractivity contribution in [2.24, 2.45) is 4.99 Å². The summed E-state index contributed by atoms with van der Waals surface area (Å²) < 4.78 is 61.1. The third-order valence-corrected chi connectivity index (χ3v) is 5.32. The first-order chi connectivity index (χ1) is 13.0. The number of hydrogen-bond donors (Lipinski definition) is 2. The molecule has 0 amide bonds. The van der Waals surface area contributed by atoms with Gasteiger partial charge in [0.2, 0.25) is 0 Å². The first-order valence-corrected chi connectivity index (χ1v) is 10.3. The van der Waals surface area contributed by atoms with E-state index >= 15 is 0 Å². The van der Waals surface area contributed by atoms with Crippen LogP contribution in [0.2, 0.25) is 0 Å². The number of benzene rings is 2. The number of sulfone groups is 1. The largest absolute Gasteiger partial charge is 0.416 e. The number of alkyl halides is 3. The Bertz CT molecular complexity index is 953. The molecule has 0 saturated carbocycles. The molecule has 0 fully saturated rings. The lowest BCUT2D eigenvalue weighted by molar-refractivity contribution is -0.137. The minimum Gasteiger partial charge on any atom is -0.352 e. The maximum absolute atomic E-state index is 12.6. The fourth-order valence-electron chi connectivity index (χ4n) is 2.64. The molecule has 28 heavy (non-hydrogen) atoms. The van der Waals surface area contributed by atoms with E-state index in [0.717, 1.165) is 17.7 Å². The lowest BCUT2D eigenvalue weighted by Crippen LogP contribution is -2.36. The van der Waals surface area contributed by atoms with Crippen LogP contribution in [0.4, 0.5) is 13.2 Å². The molecule has 0 unspecified atom stereocenters. The number of rotatable bonds is 5. The lowest BCUT2D eigenvalue weighted by Gasteiger charge is -2.13. The predicted octanol–water partition coefficient (Wildman–Crippen LogP) is 3.28. The smallest absolute Gasteiger partial charge is 0.352 e. The van der Waals surface area contributed by atoms with Crippen LogP contribution in [0.3, 0.4) is 0 Å². The summed E-state index contributed by atoms with van der Waals surface area (Å²) in [4.78, 5) is 4.37. The second-order valence-corrected chi connectivity index (χ2v) is 8.33. The fourth-order valence-corrected chi connectivity index (χ4v) is 3.60. The van der Waals surface area contributed by atoms with Crippen molar-refractivity contribution < 1.29 is 21.6 Å². The second-order valence-electron chi connectivity index (χ2n) is 6.35. The van der Waals surface area contributed by atoms with Crippen LogP contribution < -0.4 is 10.6 Å². The molecule has 5 nitrogen and oxygen atoms in total. The zero-order valence-corrected chi connectivity index (χ0v) is 16.6. The minimum absolute atomic E-state index is 0.293. The first kappa shape index (κ1) is 21.7. The SMILES string of the molecule is CN=C(NCc1ccc(C(F)(F)F)cc1)NCc1ccc(S(C)(=O)=O)c(C)c1. The van der Waals surface area contributed by atoms with Crippen molar-refractivity contribution in [2.45, 2.75) is 31.1 Å². The molecule has 0 saturated heterocycles. The van der Waals surface area contributed by atoms with E-state index in [0.29, 0.717) is 35.1 Å². The predicted molar refractivity (Wildman–Crippen MR) is 103 cm³/mol. The molecule has 0 spiro atoms. The Balaban J connectivity index is 1.94. The second kappa shape index (κ2) is 8.64. The number of aliphatic imine (C=N–C) groups is 1. The summed E-state index contributed by atoms with van der Waals surface area (Å²) in [5, 5.41) is 6.11. The molecule has 152 valence electrons. The van der Waals surface area contributed by atoms with Gasteiger partial charge in [0.05, 0.1) is 10.5 Å². The van der Waals surface area contributed by atoms with Crippen molar-refractivity contribution in [3.63, 3.8) is 0 Å². The Morgan fingerprint density at radius 1 is 1.00 bits per heavy atom. The normalized spacial score (nSPS) is 12.7. The molecule has 0 aliphatic heterocycles. The Kier molecular flexibility index (Phi) is 6.71. The summed E-state index contributed by atoms with van der Waals surface area (Å²) in [5.41, 5.74) is 1.54. The highest BCUT2D eigenvalue weighted by Crippen LogP contribution is 2.29. The van der Waals surface area contributed by atoms with Gasteiger partial charge >= 0.3 is 6.18 Å². The molecule has 0 heterocycles. The number of hydrogen-bond acceptors (Lipinski definition) is 3. The van der Waals surface area contributed by atoms with E-state index in [1.54, 1.807) is 32.2 Å². The Morgan fingerprint density at radius 2 is 1.54 bits per heavy atom. The van der Waals surface area contributed by atoms with Gasteiger partial charge in [-0.15, -0.1) is 0 Å². The van der Waals surface area contributed by atoms with Crippen molar-refractivity contribution in [2.75, 3.05) is 13.3 Å². The van der Waals surface area contributed by atoms with E-state index in [-0.39, 0.29) is 0 Å². The van der Waals surface area contributed by atoms with Gasteiger partial charge < -0.3 is 10.6 Å². The molecule has 0 aliphatic carbocycles. The van der Waals surface area contributed by atoms with E-state index in [9.17, 15) is 21.6 Å². The van der Waals surface area contributed by atoms with Gasteiger partial charge in [-0.2, -0.15) is 13.2 Å². The lowest BCUT2D eigenvalue weighted by atomic mass is 10.1. The molecular formula is C19H22F3N3O2S. The summed E-state index contributed by atoms with van der Waals surface area (Å²) in [6.45, 7) is 2.46.